The van der Waals surface area contributed by atoms with Crippen LogP contribution in [0.2, 0.25) is 5.02 Å². The van der Waals surface area contributed by atoms with Crippen molar-refractivity contribution in [2.45, 2.75) is 24.5 Å². The molecule has 0 aliphatic rings. The van der Waals surface area contributed by atoms with E-state index >= 15 is 0 Å². The molecule has 1 aromatic heterocycles. The number of para-hydroxylation sites is 1. The highest BCUT2D eigenvalue weighted by atomic mass is 35.5. The van der Waals surface area contributed by atoms with Gasteiger partial charge in [0.05, 0.1) is 16.1 Å². The molecule has 2 N–H and O–H groups in total. The molecule has 184 valence electrons. The summed E-state index contributed by atoms with van der Waals surface area (Å²) in [6, 6.07) is 23.8. The third kappa shape index (κ3) is 6.69. The number of pyridine rings is 1. The quantitative estimate of drug-likeness (QED) is 0.288. The predicted molar refractivity (Wildman–Crippen MR) is 139 cm³/mol. The Bertz CT molecular complexity index is 1430. The number of nitrogens with zero attached hydrogens (tertiary/aromatic N) is 2. The Labute approximate surface area is 215 Å². The third-order valence-electron chi connectivity index (χ3n) is 5.52. The van der Waals surface area contributed by atoms with Crippen molar-refractivity contribution in [2.75, 3.05) is 4.72 Å². The average Bonchev–Trinajstić information content (AvgIpc) is 2.86. The topological polar surface area (TPSA) is 99.6 Å². The van der Waals surface area contributed by atoms with E-state index in [4.69, 9.17) is 11.6 Å². The van der Waals surface area contributed by atoms with E-state index in [-0.39, 0.29) is 10.5 Å². The fourth-order valence-corrected chi connectivity index (χ4v) is 4.97. The van der Waals surface area contributed by atoms with Crippen LogP contribution in [0.1, 0.15) is 27.0 Å². The molecule has 0 unspecified atom stereocenters. The minimum Gasteiger partial charge on any atom is -0.478 e. The van der Waals surface area contributed by atoms with Crippen LogP contribution in [-0.4, -0.2) is 29.4 Å². The number of halogens is 1. The molecule has 7 nitrogen and oxygen atoms in total. The minimum absolute atomic E-state index is 0.118. The lowest BCUT2D eigenvalue weighted by Gasteiger charge is -2.24. The van der Waals surface area contributed by atoms with Gasteiger partial charge in [0.15, 0.2) is 0 Å². The van der Waals surface area contributed by atoms with E-state index in [0.717, 1.165) is 16.7 Å². The van der Waals surface area contributed by atoms with Gasteiger partial charge >= 0.3 is 5.97 Å². The molecule has 0 bridgehead atoms. The fourth-order valence-electron chi connectivity index (χ4n) is 3.74. The van der Waals surface area contributed by atoms with Gasteiger partial charge in [-0.2, -0.15) is 0 Å². The van der Waals surface area contributed by atoms with Gasteiger partial charge < -0.3 is 5.11 Å². The monoisotopic (exact) mass is 521 g/mol. The molecule has 0 saturated carbocycles. The number of nitrogens with one attached hydrogen (secondary N) is 1. The van der Waals surface area contributed by atoms with Crippen LogP contribution in [0.25, 0.3) is 0 Å². The van der Waals surface area contributed by atoms with Crippen LogP contribution in [0.15, 0.2) is 102 Å². The number of benzene rings is 3. The number of aromatic carboxylic acids is 1. The predicted octanol–water partition coefficient (Wildman–Crippen LogP) is 5.44. The number of carbonyl (C=O) groups is 1. The maximum Gasteiger partial charge on any atom is 0.335 e. The maximum absolute atomic E-state index is 13.0. The summed E-state index contributed by atoms with van der Waals surface area (Å²) in [6.07, 6.45) is 3.50. The Kier molecular flexibility index (Phi) is 8.00. The van der Waals surface area contributed by atoms with Gasteiger partial charge in [0, 0.05) is 37.1 Å². The first-order valence-corrected chi connectivity index (χ1v) is 13.0. The van der Waals surface area contributed by atoms with Gasteiger partial charge in [-0.1, -0.05) is 48.0 Å². The lowest BCUT2D eigenvalue weighted by Crippen LogP contribution is -2.24. The molecule has 0 spiro atoms. The summed E-state index contributed by atoms with van der Waals surface area (Å²) in [6.45, 7) is 1.52. The number of anilines is 1. The molecule has 3 aromatic carbocycles. The van der Waals surface area contributed by atoms with Crippen molar-refractivity contribution in [2.24, 2.45) is 0 Å². The molecule has 0 fully saturated rings. The first-order chi connectivity index (χ1) is 17.3. The lowest BCUT2D eigenvalue weighted by molar-refractivity contribution is 0.0697. The number of sulfonamides is 1. The maximum atomic E-state index is 13.0. The highest BCUT2D eigenvalue weighted by Gasteiger charge is 2.18. The second kappa shape index (κ2) is 11.3. The van der Waals surface area contributed by atoms with Gasteiger partial charge in [0.2, 0.25) is 0 Å². The smallest absolute Gasteiger partial charge is 0.335 e. The summed E-state index contributed by atoms with van der Waals surface area (Å²) in [4.78, 5) is 17.7. The zero-order chi connectivity index (χ0) is 25.5. The highest BCUT2D eigenvalue weighted by molar-refractivity contribution is 7.92. The first kappa shape index (κ1) is 25.4. The molecule has 4 rings (SSSR count). The van der Waals surface area contributed by atoms with Crippen molar-refractivity contribution >= 4 is 33.3 Å². The molecule has 0 saturated heterocycles. The Morgan fingerprint density at radius 1 is 0.861 bits per heavy atom. The van der Waals surface area contributed by atoms with E-state index < -0.39 is 16.0 Å². The second-order valence-corrected chi connectivity index (χ2v) is 10.3. The van der Waals surface area contributed by atoms with E-state index in [9.17, 15) is 18.3 Å². The van der Waals surface area contributed by atoms with Crippen LogP contribution in [0.3, 0.4) is 0 Å². The highest BCUT2D eigenvalue weighted by Crippen LogP contribution is 2.24. The molecular formula is C27H24ClN3O4S. The number of hydrogen-bond donors (Lipinski definition) is 2. The van der Waals surface area contributed by atoms with Crippen LogP contribution in [0.5, 0.6) is 0 Å². The van der Waals surface area contributed by atoms with E-state index in [0.29, 0.717) is 30.3 Å². The van der Waals surface area contributed by atoms with Crippen LogP contribution >= 0.6 is 11.6 Å². The van der Waals surface area contributed by atoms with Crippen molar-refractivity contribution in [3.05, 3.63) is 125 Å². The molecule has 0 aliphatic carbocycles. The Morgan fingerprint density at radius 2 is 1.56 bits per heavy atom. The Morgan fingerprint density at radius 3 is 2.22 bits per heavy atom. The summed E-state index contributed by atoms with van der Waals surface area (Å²) >= 11 is 5.91. The second-order valence-electron chi connectivity index (χ2n) is 8.23. The molecule has 0 amide bonds. The van der Waals surface area contributed by atoms with Gasteiger partial charge in [-0.15, -0.1) is 0 Å². The number of carboxylic acids is 1. The third-order valence-corrected chi connectivity index (χ3v) is 7.15. The molecule has 4 aromatic rings. The van der Waals surface area contributed by atoms with Crippen molar-refractivity contribution in [3.8, 4) is 0 Å². The molecule has 9 heteroatoms. The summed E-state index contributed by atoms with van der Waals surface area (Å²) in [5, 5.41) is 9.64. The van der Waals surface area contributed by atoms with E-state index in [1.165, 1.54) is 24.3 Å². The van der Waals surface area contributed by atoms with Crippen LogP contribution in [-0.2, 0) is 29.7 Å². The molecule has 0 radical (unpaired) electrons. The summed E-state index contributed by atoms with van der Waals surface area (Å²) < 4.78 is 28.7. The zero-order valence-corrected chi connectivity index (χ0v) is 20.8. The van der Waals surface area contributed by atoms with E-state index in [2.05, 4.69) is 14.6 Å². The zero-order valence-electron chi connectivity index (χ0n) is 19.2. The van der Waals surface area contributed by atoms with Gasteiger partial charge in [-0.3, -0.25) is 14.6 Å². The molecule has 0 atom stereocenters. The summed E-state index contributed by atoms with van der Waals surface area (Å²) in [7, 11) is -3.81. The molecular weight excluding hydrogens is 498 g/mol. The SMILES string of the molecule is O=C(O)c1ccc(CN(Cc2cccnc2)Cc2ccccc2NS(=O)(=O)c2ccc(Cl)cc2)cc1. The van der Waals surface area contributed by atoms with Crippen molar-refractivity contribution in [1.29, 1.82) is 0 Å². The number of aromatic nitrogens is 1. The van der Waals surface area contributed by atoms with Crippen molar-refractivity contribution in [1.82, 2.24) is 9.88 Å². The number of rotatable bonds is 10. The molecule has 1 heterocycles. The Hall–Kier alpha value is -3.72. The van der Waals surface area contributed by atoms with Crippen LogP contribution in [0, 0.1) is 0 Å². The summed E-state index contributed by atoms with van der Waals surface area (Å²) in [5.74, 6) is -0.976. The normalized spacial score (nSPS) is 11.4. The lowest BCUT2D eigenvalue weighted by atomic mass is 10.1. The fraction of sp³-hybridized carbons (Fsp3) is 0.111. The first-order valence-electron chi connectivity index (χ1n) is 11.1. The molecule has 36 heavy (non-hydrogen) atoms. The van der Waals surface area contributed by atoms with Crippen molar-refractivity contribution < 1.29 is 18.3 Å². The van der Waals surface area contributed by atoms with E-state index in [1.54, 1.807) is 48.8 Å². The van der Waals surface area contributed by atoms with Crippen molar-refractivity contribution in [3.63, 3.8) is 0 Å². The Balaban J connectivity index is 1.59. The number of hydrogen-bond acceptors (Lipinski definition) is 5. The number of carboxylic acid groups (broad SMARTS) is 1. The summed E-state index contributed by atoms with van der Waals surface area (Å²) in [5.41, 5.74) is 3.42. The van der Waals surface area contributed by atoms with Crippen LogP contribution < -0.4 is 4.72 Å². The minimum atomic E-state index is -3.81. The van der Waals surface area contributed by atoms with Gasteiger partial charge in [0.1, 0.15) is 0 Å². The van der Waals surface area contributed by atoms with Gasteiger partial charge in [-0.05, 0) is 65.2 Å². The van der Waals surface area contributed by atoms with Gasteiger partial charge in [0.25, 0.3) is 10.0 Å². The van der Waals surface area contributed by atoms with Gasteiger partial charge in [-0.25, -0.2) is 13.2 Å². The van der Waals surface area contributed by atoms with Crippen LogP contribution in [0.4, 0.5) is 5.69 Å². The standard InChI is InChI=1S/C27H24ClN3O4S/c28-24-11-13-25(14-12-24)36(34,35)30-26-6-2-1-5-23(26)19-31(18-21-4-3-15-29-16-21)17-20-7-9-22(10-8-20)27(32)33/h1-16,30H,17-19H2,(H,32,33). The largest absolute Gasteiger partial charge is 0.478 e. The van der Waals surface area contributed by atoms with E-state index in [1.807, 2.05) is 24.3 Å². The average molecular weight is 522 g/mol. The molecule has 0 aliphatic heterocycles.